The first-order valence-electron chi connectivity index (χ1n) is 10.2. The molecule has 2 atom stereocenters. The van der Waals surface area contributed by atoms with E-state index in [1.165, 1.54) is 5.56 Å². The molecule has 5 heteroatoms. The number of piperazine rings is 1. The third-order valence-electron chi connectivity index (χ3n) is 5.90. The standard InChI is InChI=1S/C22H33N3O2/c1-2-3-9-22(27)25-13-11-20(21(26)18-25)24-16-14-23(15-17-24)12-10-19-7-5-4-6-8-19/h2,4-8,20-21,26H,1,3,9-18H2/t20-,21-/m1/s1. The zero-order valence-corrected chi connectivity index (χ0v) is 16.3. The maximum atomic E-state index is 12.2. The zero-order chi connectivity index (χ0) is 19.1. The van der Waals surface area contributed by atoms with E-state index in [4.69, 9.17) is 0 Å². The molecule has 2 saturated heterocycles. The Morgan fingerprint density at radius 2 is 1.89 bits per heavy atom. The lowest BCUT2D eigenvalue weighted by Gasteiger charge is -2.45. The molecule has 1 aromatic rings. The van der Waals surface area contributed by atoms with Crippen molar-refractivity contribution < 1.29 is 9.90 Å². The minimum absolute atomic E-state index is 0.137. The van der Waals surface area contributed by atoms with Crippen molar-refractivity contribution in [2.75, 3.05) is 45.8 Å². The summed E-state index contributed by atoms with van der Waals surface area (Å²) >= 11 is 0. The smallest absolute Gasteiger partial charge is 0.222 e. The normalized spacial score (nSPS) is 24.7. The maximum absolute atomic E-state index is 12.2. The molecule has 0 aliphatic carbocycles. The van der Waals surface area contributed by atoms with Gasteiger partial charge in [-0.1, -0.05) is 36.4 Å². The van der Waals surface area contributed by atoms with Crippen LogP contribution in [0.3, 0.4) is 0 Å². The lowest BCUT2D eigenvalue weighted by atomic mass is 9.98. The lowest BCUT2D eigenvalue weighted by molar-refractivity contribution is -0.136. The van der Waals surface area contributed by atoms with Crippen LogP contribution >= 0.6 is 0 Å². The summed E-state index contributed by atoms with van der Waals surface area (Å²) in [6.07, 6.45) is 4.50. The quantitative estimate of drug-likeness (QED) is 0.742. The van der Waals surface area contributed by atoms with Crippen LogP contribution in [0.4, 0.5) is 0 Å². The summed E-state index contributed by atoms with van der Waals surface area (Å²) in [6.45, 7) is 10.1. The van der Waals surface area contributed by atoms with Gasteiger partial charge in [0.05, 0.1) is 6.10 Å². The SMILES string of the molecule is C=CCCC(=O)N1CC[C@@H](N2CCN(CCc3ccccc3)CC2)[C@H](O)C1. The Bertz CT molecular complexity index is 599. The summed E-state index contributed by atoms with van der Waals surface area (Å²) in [6, 6.07) is 10.8. The van der Waals surface area contributed by atoms with E-state index in [0.717, 1.165) is 52.1 Å². The van der Waals surface area contributed by atoms with Crippen molar-refractivity contribution in [1.82, 2.24) is 14.7 Å². The van der Waals surface area contributed by atoms with Gasteiger partial charge in [0.2, 0.25) is 5.91 Å². The number of aliphatic hydroxyl groups excluding tert-OH is 1. The van der Waals surface area contributed by atoms with Gasteiger partial charge in [0, 0.05) is 58.3 Å². The molecule has 2 fully saturated rings. The van der Waals surface area contributed by atoms with Crippen molar-refractivity contribution in [1.29, 1.82) is 0 Å². The van der Waals surface area contributed by atoms with Gasteiger partial charge < -0.3 is 14.9 Å². The Labute approximate surface area is 163 Å². The average molecular weight is 372 g/mol. The number of hydrogen-bond donors (Lipinski definition) is 1. The molecule has 148 valence electrons. The Balaban J connectivity index is 1.40. The van der Waals surface area contributed by atoms with Crippen molar-refractivity contribution in [3.8, 4) is 0 Å². The maximum Gasteiger partial charge on any atom is 0.222 e. The van der Waals surface area contributed by atoms with E-state index in [9.17, 15) is 9.90 Å². The predicted molar refractivity (Wildman–Crippen MR) is 109 cm³/mol. The zero-order valence-electron chi connectivity index (χ0n) is 16.3. The highest BCUT2D eigenvalue weighted by Gasteiger charge is 2.34. The number of piperidine rings is 1. The third-order valence-corrected chi connectivity index (χ3v) is 5.90. The van der Waals surface area contributed by atoms with Gasteiger partial charge in [-0.25, -0.2) is 0 Å². The first-order valence-corrected chi connectivity index (χ1v) is 10.2. The molecular weight excluding hydrogens is 338 g/mol. The van der Waals surface area contributed by atoms with Crippen molar-refractivity contribution in [2.45, 2.75) is 37.8 Å². The lowest BCUT2D eigenvalue weighted by Crippen LogP contribution is -2.59. The number of carbonyl (C=O) groups is 1. The number of amides is 1. The molecular formula is C22H33N3O2. The van der Waals surface area contributed by atoms with E-state index in [1.54, 1.807) is 6.08 Å². The van der Waals surface area contributed by atoms with Crippen LogP contribution in [-0.4, -0.2) is 83.7 Å². The average Bonchev–Trinajstić information content (AvgIpc) is 2.71. The first kappa shape index (κ1) is 20.1. The summed E-state index contributed by atoms with van der Waals surface area (Å²) < 4.78 is 0. The Morgan fingerprint density at radius 1 is 1.15 bits per heavy atom. The summed E-state index contributed by atoms with van der Waals surface area (Å²) in [4.78, 5) is 18.9. The van der Waals surface area contributed by atoms with Crippen molar-refractivity contribution in [3.05, 3.63) is 48.6 Å². The van der Waals surface area contributed by atoms with E-state index in [2.05, 4.69) is 46.7 Å². The Morgan fingerprint density at radius 3 is 2.56 bits per heavy atom. The highest BCUT2D eigenvalue weighted by atomic mass is 16.3. The number of hydrogen-bond acceptors (Lipinski definition) is 4. The van der Waals surface area contributed by atoms with Gasteiger partial charge in [-0.2, -0.15) is 0 Å². The second-order valence-electron chi connectivity index (χ2n) is 7.70. The van der Waals surface area contributed by atoms with Crippen molar-refractivity contribution in [2.24, 2.45) is 0 Å². The van der Waals surface area contributed by atoms with E-state index in [1.807, 2.05) is 4.90 Å². The molecule has 2 aliphatic rings. The number of likely N-dealkylation sites (tertiary alicyclic amines) is 1. The largest absolute Gasteiger partial charge is 0.390 e. The predicted octanol–water partition coefficient (Wildman–Crippen LogP) is 1.77. The van der Waals surface area contributed by atoms with E-state index >= 15 is 0 Å². The molecule has 1 amide bonds. The molecule has 0 aromatic heterocycles. The van der Waals surface area contributed by atoms with Gasteiger partial charge >= 0.3 is 0 Å². The minimum Gasteiger partial charge on any atom is -0.390 e. The Hall–Kier alpha value is -1.69. The molecule has 0 bridgehead atoms. The van der Waals surface area contributed by atoms with Crippen LogP contribution in [0.1, 0.15) is 24.8 Å². The fourth-order valence-corrected chi connectivity index (χ4v) is 4.21. The number of aliphatic hydroxyl groups is 1. The van der Waals surface area contributed by atoms with Crippen LogP contribution in [-0.2, 0) is 11.2 Å². The van der Waals surface area contributed by atoms with Crippen molar-refractivity contribution in [3.63, 3.8) is 0 Å². The highest BCUT2D eigenvalue weighted by molar-refractivity contribution is 5.76. The molecule has 27 heavy (non-hydrogen) atoms. The number of carbonyl (C=O) groups excluding carboxylic acids is 1. The Kier molecular flexibility index (Phi) is 7.44. The molecule has 0 saturated carbocycles. The molecule has 0 unspecified atom stereocenters. The molecule has 2 heterocycles. The van der Waals surface area contributed by atoms with Gasteiger partial charge in [0.15, 0.2) is 0 Å². The molecule has 2 aliphatic heterocycles. The van der Waals surface area contributed by atoms with Gasteiger partial charge in [-0.05, 0) is 24.8 Å². The van der Waals surface area contributed by atoms with Crippen LogP contribution in [0, 0.1) is 0 Å². The van der Waals surface area contributed by atoms with Gasteiger partial charge in [-0.3, -0.25) is 9.69 Å². The number of β-amino-alcohol motifs (C(OH)–C–C–N with tert-alkyl or cyclic N) is 1. The molecule has 5 nitrogen and oxygen atoms in total. The van der Waals surface area contributed by atoms with Gasteiger partial charge in [-0.15, -0.1) is 6.58 Å². The topological polar surface area (TPSA) is 47.0 Å². The van der Waals surface area contributed by atoms with Crippen LogP contribution in [0.15, 0.2) is 43.0 Å². The second-order valence-corrected chi connectivity index (χ2v) is 7.70. The highest BCUT2D eigenvalue weighted by Crippen LogP contribution is 2.20. The summed E-state index contributed by atoms with van der Waals surface area (Å²) in [5, 5.41) is 10.6. The number of allylic oxidation sites excluding steroid dienone is 1. The second kappa shape index (κ2) is 10.0. The van der Waals surface area contributed by atoms with Crippen molar-refractivity contribution >= 4 is 5.91 Å². The first-order chi connectivity index (χ1) is 13.2. The van der Waals surface area contributed by atoms with Gasteiger partial charge in [0.25, 0.3) is 0 Å². The van der Waals surface area contributed by atoms with Crippen LogP contribution in [0.25, 0.3) is 0 Å². The van der Waals surface area contributed by atoms with Crippen LogP contribution in [0.2, 0.25) is 0 Å². The van der Waals surface area contributed by atoms with Crippen LogP contribution < -0.4 is 0 Å². The molecule has 0 spiro atoms. The summed E-state index contributed by atoms with van der Waals surface area (Å²) in [7, 11) is 0. The van der Waals surface area contributed by atoms with E-state index in [0.29, 0.717) is 19.4 Å². The fourth-order valence-electron chi connectivity index (χ4n) is 4.21. The fraction of sp³-hybridized carbons (Fsp3) is 0.591. The number of rotatable bonds is 7. The minimum atomic E-state index is -0.442. The summed E-state index contributed by atoms with van der Waals surface area (Å²) in [5.74, 6) is 0.137. The monoisotopic (exact) mass is 371 g/mol. The van der Waals surface area contributed by atoms with Crippen LogP contribution in [0.5, 0.6) is 0 Å². The third kappa shape index (κ3) is 5.64. The van der Waals surface area contributed by atoms with E-state index < -0.39 is 6.10 Å². The van der Waals surface area contributed by atoms with E-state index in [-0.39, 0.29) is 11.9 Å². The summed E-state index contributed by atoms with van der Waals surface area (Å²) in [5.41, 5.74) is 1.39. The molecule has 1 aromatic carbocycles. The van der Waals surface area contributed by atoms with Gasteiger partial charge in [0.1, 0.15) is 0 Å². The number of benzene rings is 1. The molecule has 3 rings (SSSR count). The molecule has 0 radical (unpaired) electrons. The molecule has 1 N–H and O–H groups in total. The number of nitrogens with zero attached hydrogens (tertiary/aromatic N) is 3.